The molecular formula is C13H14BrFN2O2. The fourth-order valence-electron chi connectivity index (χ4n) is 1.54. The molecule has 1 N–H and O–H groups in total. The van der Waals surface area contributed by atoms with Crippen molar-refractivity contribution < 1.29 is 13.5 Å². The second kappa shape index (κ2) is 6.79. The number of oxazole rings is 1. The van der Waals surface area contributed by atoms with Gasteiger partial charge in [0.1, 0.15) is 12.1 Å². The van der Waals surface area contributed by atoms with E-state index in [1.807, 2.05) is 0 Å². The van der Waals surface area contributed by atoms with Gasteiger partial charge in [-0.3, -0.25) is 0 Å². The Morgan fingerprint density at radius 3 is 3.05 bits per heavy atom. The fourth-order valence-corrected chi connectivity index (χ4v) is 1.92. The topological polar surface area (TPSA) is 47.3 Å². The molecule has 2 aromatic rings. The Morgan fingerprint density at radius 1 is 1.47 bits per heavy atom. The summed E-state index contributed by atoms with van der Waals surface area (Å²) in [7, 11) is 1.66. The molecule has 0 radical (unpaired) electrons. The van der Waals surface area contributed by atoms with Crippen molar-refractivity contribution in [2.75, 3.05) is 20.3 Å². The largest absolute Gasteiger partial charge is 0.444 e. The van der Waals surface area contributed by atoms with Crippen molar-refractivity contribution in [3.8, 4) is 11.5 Å². The maximum absolute atomic E-state index is 13.1. The number of rotatable bonds is 6. The maximum Gasteiger partial charge on any atom is 0.226 e. The SMILES string of the molecule is COCCNCc1coc(-c2ccc(F)c(Br)c2)n1. The third kappa shape index (κ3) is 3.86. The molecule has 0 unspecified atom stereocenters. The second-order valence-electron chi connectivity index (χ2n) is 3.94. The van der Waals surface area contributed by atoms with Crippen LogP contribution in [0.5, 0.6) is 0 Å². The minimum atomic E-state index is -0.309. The van der Waals surface area contributed by atoms with Crippen molar-refractivity contribution in [2.24, 2.45) is 0 Å². The van der Waals surface area contributed by atoms with Gasteiger partial charge in [0.25, 0.3) is 0 Å². The van der Waals surface area contributed by atoms with Crippen LogP contribution in [0.15, 0.2) is 33.4 Å². The van der Waals surface area contributed by atoms with Crippen molar-refractivity contribution in [2.45, 2.75) is 6.54 Å². The van der Waals surface area contributed by atoms with Crippen LogP contribution in [0.25, 0.3) is 11.5 Å². The predicted octanol–water partition coefficient (Wildman–Crippen LogP) is 2.98. The number of hydrogen-bond acceptors (Lipinski definition) is 4. The first-order valence-electron chi connectivity index (χ1n) is 5.80. The number of hydrogen-bond donors (Lipinski definition) is 1. The number of benzene rings is 1. The molecule has 2 rings (SSSR count). The van der Waals surface area contributed by atoms with Gasteiger partial charge in [-0.25, -0.2) is 9.37 Å². The van der Waals surface area contributed by atoms with Crippen LogP contribution in [0.1, 0.15) is 5.69 Å². The lowest BCUT2D eigenvalue weighted by Crippen LogP contribution is -2.18. The van der Waals surface area contributed by atoms with E-state index in [0.29, 0.717) is 23.5 Å². The number of nitrogens with one attached hydrogen (secondary N) is 1. The van der Waals surface area contributed by atoms with E-state index < -0.39 is 0 Å². The quantitative estimate of drug-likeness (QED) is 0.828. The summed E-state index contributed by atoms with van der Waals surface area (Å²) in [6.45, 7) is 2.01. The van der Waals surface area contributed by atoms with Gasteiger partial charge in [-0.2, -0.15) is 0 Å². The number of aromatic nitrogens is 1. The van der Waals surface area contributed by atoms with Gasteiger partial charge in [0.2, 0.25) is 5.89 Å². The Balaban J connectivity index is 2.01. The molecule has 1 heterocycles. The smallest absolute Gasteiger partial charge is 0.226 e. The zero-order valence-electron chi connectivity index (χ0n) is 10.5. The standard InChI is InChI=1S/C13H14BrFN2O2/c1-18-5-4-16-7-10-8-19-13(17-10)9-2-3-12(15)11(14)6-9/h2-3,6,8,16H,4-5,7H2,1H3. The molecule has 0 aliphatic heterocycles. The molecular weight excluding hydrogens is 315 g/mol. The Hall–Kier alpha value is -1.24. The Bertz CT molecular complexity index is 545. The van der Waals surface area contributed by atoms with Crippen molar-refractivity contribution in [1.29, 1.82) is 0 Å². The molecule has 0 saturated carbocycles. The first-order chi connectivity index (χ1) is 9.20. The van der Waals surface area contributed by atoms with Gasteiger partial charge >= 0.3 is 0 Å². The van der Waals surface area contributed by atoms with E-state index >= 15 is 0 Å². The maximum atomic E-state index is 13.1. The predicted molar refractivity (Wildman–Crippen MR) is 73.2 cm³/mol. The average molecular weight is 329 g/mol. The number of nitrogens with zero attached hydrogens (tertiary/aromatic N) is 1. The molecule has 0 bridgehead atoms. The van der Waals surface area contributed by atoms with Crippen LogP contribution < -0.4 is 5.32 Å². The molecule has 1 aromatic carbocycles. The second-order valence-corrected chi connectivity index (χ2v) is 4.80. The summed E-state index contributed by atoms with van der Waals surface area (Å²) in [5, 5.41) is 3.17. The fraction of sp³-hybridized carbons (Fsp3) is 0.308. The van der Waals surface area contributed by atoms with Gasteiger partial charge < -0.3 is 14.5 Å². The summed E-state index contributed by atoms with van der Waals surface area (Å²) < 4.78 is 23.8. The van der Waals surface area contributed by atoms with Gasteiger partial charge in [-0.15, -0.1) is 0 Å². The van der Waals surface area contributed by atoms with E-state index in [4.69, 9.17) is 9.15 Å². The van der Waals surface area contributed by atoms with Gasteiger partial charge in [0.15, 0.2) is 0 Å². The number of ether oxygens (including phenoxy) is 1. The number of methoxy groups -OCH3 is 1. The molecule has 0 spiro atoms. The zero-order chi connectivity index (χ0) is 13.7. The lowest BCUT2D eigenvalue weighted by molar-refractivity contribution is 0.199. The highest BCUT2D eigenvalue weighted by molar-refractivity contribution is 9.10. The minimum Gasteiger partial charge on any atom is -0.444 e. The minimum absolute atomic E-state index is 0.309. The van der Waals surface area contributed by atoms with E-state index in [1.54, 1.807) is 25.5 Å². The van der Waals surface area contributed by atoms with Crippen molar-refractivity contribution in [1.82, 2.24) is 10.3 Å². The Kier molecular flexibility index (Phi) is 5.07. The monoisotopic (exact) mass is 328 g/mol. The summed E-state index contributed by atoms with van der Waals surface area (Å²) in [5.41, 5.74) is 1.53. The van der Waals surface area contributed by atoms with E-state index in [-0.39, 0.29) is 5.82 Å². The molecule has 0 atom stereocenters. The van der Waals surface area contributed by atoms with Crippen molar-refractivity contribution >= 4 is 15.9 Å². The van der Waals surface area contributed by atoms with Crippen LogP contribution in [0.4, 0.5) is 4.39 Å². The van der Waals surface area contributed by atoms with E-state index in [1.165, 1.54) is 6.07 Å². The van der Waals surface area contributed by atoms with E-state index in [0.717, 1.165) is 17.8 Å². The van der Waals surface area contributed by atoms with Crippen LogP contribution >= 0.6 is 15.9 Å². The summed E-state index contributed by atoms with van der Waals surface area (Å²) in [6.07, 6.45) is 1.59. The normalized spacial score (nSPS) is 10.9. The van der Waals surface area contributed by atoms with Crippen LogP contribution in [0, 0.1) is 5.82 Å². The molecule has 6 heteroatoms. The average Bonchev–Trinajstić information content (AvgIpc) is 2.87. The first kappa shape index (κ1) is 14.2. The highest BCUT2D eigenvalue weighted by Crippen LogP contribution is 2.24. The molecule has 0 saturated heterocycles. The highest BCUT2D eigenvalue weighted by atomic mass is 79.9. The molecule has 19 heavy (non-hydrogen) atoms. The molecule has 0 aliphatic rings. The molecule has 102 valence electrons. The Labute approximate surface area is 119 Å². The van der Waals surface area contributed by atoms with Gasteiger partial charge in [-0.05, 0) is 34.1 Å². The summed E-state index contributed by atoms with van der Waals surface area (Å²) in [6, 6.07) is 4.65. The third-order valence-corrected chi connectivity index (χ3v) is 3.12. The first-order valence-corrected chi connectivity index (χ1v) is 6.59. The van der Waals surface area contributed by atoms with Crippen LogP contribution in [-0.4, -0.2) is 25.2 Å². The molecule has 4 nitrogen and oxygen atoms in total. The van der Waals surface area contributed by atoms with Crippen molar-refractivity contribution in [3.05, 3.63) is 40.4 Å². The van der Waals surface area contributed by atoms with Gasteiger partial charge in [0.05, 0.1) is 16.8 Å². The molecule has 0 amide bonds. The lowest BCUT2D eigenvalue weighted by atomic mass is 10.2. The van der Waals surface area contributed by atoms with Crippen LogP contribution in [0.2, 0.25) is 0 Å². The Morgan fingerprint density at radius 2 is 2.32 bits per heavy atom. The van der Waals surface area contributed by atoms with E-state index in [9.17, 15) is 4.39 Å². The summed E-state index contributed by atoms with van der Waals surface area (Å²) in [5.74, 6) is 0.168. The molecule has 1 aromatic heterocycles. The highest BCUT2D eigenvalue weighted by Gasteiger charge is 2.08. The van der Waals surface area contributed by atoms with Crippen LogP contribution in [-0.2, 0) is 11.3 Å². The third-order valence-electron chi connectivity index (χ3n) is 2.51. The molecule has 0 fully saturated rings. The molecule has 0 aliphatic carbocycles. The zero-order valence-corrected chi connectivity index (χ0v) is 12.0. The van der Waals surface area contributed by atoms with Crippen molar-refractivity contribution in [3.63, 3.8) is 0 Å². The van der Waals surface area contributed by atoms with Gasteiger partial charge in [-0.1, -0.05) is 0 Å². The van der Waals surface area contributed by atoms with Gasteiger partial charge in [0, 0.05) is 25.8 Å². The van der Waals surface area contributed by atoms with Crippen LogP contribution in [0.3, 0.4) is 0 Å². The number of halogens is 2. The summed E-state index contributed by atoms with van der Waals surface area (Å²) >= 11 is 3.14. The summed E-state index contributed by atoms with van der Waals surface area (Å²) in [4.78, 5) is 4.34. The van der Waals surface area contributed by atoms with E-state index in [2.05, 4.69) is 26.2 Å². The lowest BCUT2D eigenvalue weighted by Gasteiger charge is -2.00.